The van der Waals surface area contributed by atoms with Gasteiger partial charge in [0.2, 0.25) is 11.8 Å². The Kier molecular flexibility index (Phi) is 6.48. The van der Waals surface area contributed by atoms with Crippen LogP contribution in [0, 0.1) is 5.92 Å². The van der Waals surface area contributed by atoms with Gasteiger partial charge in [0, 0.05) is 25.0 Å². The Bertz CT molecular complexity index is 672. The molecule has 146 valence electrons. The predicted molar refractivity (Wildman–Crippen MR) is 101 cm³/mol. The summed E-state index contributed by atoms with van der Waals surface area (Å²) in [6.07, 6.45) is 7.41. The molecule has 1 saturated carbocycles. The van der Waals surface area contributed by atoms with Crippen molar-refractivity contribution in [3.05, 3.63) is 35.4 Å². The van der Waals surface area contributed by atoms with Crippen LogP contribution >= 0.6 is 0 Å². The maximum atomic E-state index is 12.5. The summed E-state index contributed by atoms with van der Waals surface area (Å²) in [4.78, 5) is 37.6. The van der Waals surface area contributed by atoms with Crippen LogP contribution in [0.4, 0.5) is 0 Å². The van der Waals surface area contributed by atoms with Crippen LogP contribution in [0.25, 0.3) is 0 Å². The van der Waals surface area contributed by atoms with E-state index in [1.807, 2.05) is 4.90 Å². The van der Waals surface area contributed by atoms with E-state index in [9.17, 15) is 14.4 Å². The monoisotopic (exact) mass is 372 g/mol. The molecule has 1 aliphatic carbocycles. The molecule has 0 unspecified atom stereocenters. The first-order valence-electron chi connectivity index (χ1n) is 9.93. The molecule has 6 nitrogen and oxygen atoms in total. The van der Waals surface area contributed by atoms with Crippen molar-refractivity contribution < 1.29 is 19.5 Å². The quantitative estimate of drug-likeness (QED) is 0.832. The maximum absolute atomic E-state index is 12.5. The third-order valence-corrected chi connectivity index (χ3v) is 5.73. The van der Waals surface area contributed by atoms with E-state index in [0.29, 0.717) is 13.1 Å². The molecule has 2 aliphatic rings. The van der Waals surface area contributed by atoms with Crippen molar-refractivity contribution in [2.45, 2.75) is 57.4 Å². The van der Waals surface area contributed by atoms with E-state index in [4.69, 9.17) is 5.11 Å². The van der Waals surface area contributed by atoms with Crippen LogP contribution in [0.5, 0.6) is 0 Å². The summed E-state index contributed by atoms with van der Waals surface area (Å²) in [5.41, 5.74) is 1.04. The molecular formula is C21H28N2O4. The van der Waals surface area contributed by atoms with Crippen molar-refractivity contribution in [2.75, 3.05) is 13.1 Å². The van der Waals surface area contributed by atoms with Gasteiger partial charge in [-0.05, 0) is 43.4 Å². The van der Waals surface area contributed by atoms with E-state index in [-0.39, 0.29) is 35.8 Å². The van der Waals surface area contributed by atoms with Crippen LogP contribution in [0.2, 0.25) is 0 Å². The lowest BCUT2D eigenvalue weighted by Gasteiger charge is -2.33. The molecule has 1 saturated heterocycles. The number of carboxylic acids is 1. The Morgan fingerprint density at radius 2 is 1.59 bits per heavy atom. The van der Waals surface area contributed by atoms with E-state index in [2.05, 4.69) is 5.32 Å². The Morgan fingerprint density at radius 3 is 2.19 bits per heavy atom. The first-order valence-corrected chi connectivity index (χ1v) is 9.93. The number of benzene rings is 1. The topological polar surface area (TPSA) is 86.7 Å². The standard InChI is InChI=1S/C21H28N2O4/c24-19(14-15-6-8-17(9-7-15)21(26)27)23-12-10-18(11-13-23)22-20(25)16-4-2-1-3-5-16/h6-9,16,18H,1-5,10-14H2,(H,22,25)(H,26,27). The molecule has 0 atom stereocenters. The van der Waals surface area contributed by atoms with Crippen LogP contribution < -0.4 is 5.32 Å². The lowest BCUT2D eigenvalue weighted by molar-refractivity contribution is -0.131. The Labute approximate surface area is 159 Å². The van der Waals surface area contributed by atoms with Gasteiger partial charge in [0.15, 0.2) is 0 Å². The van der Waals surface area contributed by atoms with Crippen molar-refractivity contribution in [1.29, 1.82) is 0 Å². The van der Waals surface area contributed by atoms with E-state index in [0.717, 1.165) is 44.1 Å². The zero-order chi connectivity index (χ0) is 19.2. The van der Waals surface area contributed by atoms with Gasteiger partial charge < -0.3 is 15.3 Å². The molecule has 0 spiro atoms. The van der Waals surface area contributed by atoms with Gasteiger partial charge in [-0.3, -0.25) is 9.59 Å². The van der Waals surface area contributed by atoms with E-state index < -0.39 is 5.97 Å². The predicted octanol–water partition coefficient (Wildman–Crippen LogP) is 2.61. The van der Waals surface area contributed by atoms with Crippen LogP contribution in [0.3, 0.4) is 0 Å². The van der Waals surface area contributed by atoms with Crippen molar-refractivity contribution in [2.24, 2.45) is 5.92 Å². The third-order valence-electron chi connectivity index (χ3n) is 5.73. The summed E-state index contributed by atoms with van der Waals surface area (Å²) in [6, 6.07) is 6.60. The summed E-state index contributed by atoms with van der Waals surface area (Å²) in [6.45, 7) is 1.31. The van der Waals surface area contributed by atoms with E-state index in [1.165, 1.54) is 18.6 Å². The van der Waals surface area contributed by atoms with Crippen LogP contribution in [-0.4, -0.2) is 46.9 Å². The van der Waals surface area contributed by atoms with Gasteiger partial charge in [0.1, 0.15) is 0 Å². The number of aromatic carboxylic acids is 1. The van der Waals surface area contributed by atoms with Gasteiger partial charge in [-0.1, -0.05) is 31.4 Å². The van der Waals surface area contributed by atoms with Gasteiger partial charge in [-0.25, -0.2) is 4.79 Å². The number of nitrogens with one attached hydrogen (secondary N) is 1. The van der Waals surface area contributed by atoms with Crippen molar-refractivity contribution in [3.63, 3.8) is 0 Å². The number of carbonyl (C=O) groups excluding carboxylic acids is 2. The molecule has 1 aromatic carbocycles. The molecule has 1 heterocycles. The summed E-state index contributed by atoms with van der Waals surface area (Å²) < 4.78 is 0. The highest BCUT2D eigenvalue weighted by molar-refractivity contribution is 5.87. The SMILES string of the molecule is O=C(O)c1ccc(CC(=O)N2CCC(NC(=O)C3CCCCC3)CC2)cc1. The van der Waals surface area contributed by atoms with Gasteiger partial charge in [0.05, 0.1) is 12.0 Å². The largest absolute Gasteiger partial charge is 0.478 e. The average molecular weight is 372 g/mol. The summed E-state index contributed by atoms with van der Waals surface area (Å²) in [5.74, 6) is -0.550. The Balaban J connectivity index is 1.43. The Morgan fingerprint density at radius 1 is 0.963 bits per heavy atom. The number of carbonyl (C=O) groups is 3. The second-order valence-corrected chi connectivity index (χ2v) is 7.68. The highest BCUT2D eigenvalue weighted by Crippen LogP contribution is 2.24. The zero-order valence-corrected chi connectivity index (χ0v) is 15.7. The number of carboxylic acid groups (broad SMARTS) is 1. The third kappa shape index (κ3) is 5.31. The molecule has 2 amide bonds. The second kappa shape index (κ2) is 9.02. The summed E-state index contributed by atoms with van der Waals surface area (Å²) in [7, 11) is 0. The highest BCUT2D eigenvalue weighted by Gasteiger charge is 2.27. The van der Waals surface area contributed by atoms with Gasteiger partial charge in [-0.2, -0.15) is 0 Å². The van der Waals surface area contributed by atoms with Crippen LogP contribution in [0.15, 0.2) is 24.3 Å². The fraction of sp³-hybridized carbons (Fsp3) is 0.571. The number of nitrogens with zero attached hydrogens (tertiary/aromatic N) is 1. The second-order valence-electron chi connectivity index (χ2n) is 7.68. The van der Waals surface area contributed by atoms with E-state index >= 15 is 0 Å². The molecule has 0 bridgehead atoms. The number of amides is 2. The molecule has 6 heteroatoms. The number of likely N-dealkylation sites (tertiary alicyclic amines) is 1. The van der Waals surface area contributed by atoms with Gasteiger partial charge in [-0.15, -0.1) is 0 Å². The lowest BCUT2D eigenvalue weighted by atomic mass is 9.88. The first-order chi connectivity index (χ1) is 13.0. The minimum Gasteiger partial charge on any atom is -0.478 e. The minimum atomic E-state index is -0.967. The number of rotatable bonds is 5. The number of hydrogen-bond donors (Lipinski definition) is 2. The van der Waals surface area contributed by atoms with Crippen LogP contribution in [0.1, 0.15) is 60.9 Å². The average Bonchev–Trinajstić information content (AvgIpc) is 2.69. The van der Waals surface area contributed by atoms with Crippen LogP contribution in [-0.2, 0) is 16.0 Å². The molecule has 27 heavy (non-hydrogen) atoms. The Hall–Kier alpha value is -2.37. The maximum Gasteiger partial charge on any atom is 0.335 e. The number of piperidine rings is 1. The molecule has 1 aromatic rings. The molecule has 2 fully saturated rings. The van der Waals surface area contributed by atoms with Gasteiger partial charge >= 0.3 is 5.97 Å². The van der Waals surface area contributed by atoms with Gasteiger partial charge in [0.25, 0.3) is 0 Å². The smallest absolute Gasteiger partial charge is 0.335 e. The minimum absolute atomic E-state index is 0.0510. The lowest BCUT2D eigenvalue weighted by Crippen LogP contribution is -2.48. The van der Waals surface area contributed by atoms with Crippen molar-refractivity contribution in [3.8, 4) is 0 Å². The van der Waals surface area contributed by atoms with Crippen molar-refractivity contribution in [1.82, 2.24) is 10.2 Å². The molecule has 0 radical (unpaired) electrons. The molecule has 2 N–H and O–H groups in total. The number of hydrogen-bond acceptors (Lipinski definition) is 3. The molecule has 3 rings (SSSR count). The summed E-state index contributed by atoms with van der Waals surface area (Å²) in [5, 5.41) is 12.1. The molecule has 0 aromatic heterocycles. The normalized spacial score (nSPS) is 18.9. The fourth-order valence-corrected chi connectivity index (χ4v) is 4.01. The fourth-order valence-electron chi connectivity index (χ4n) is 4.01. The zero-order valence-electron chi connectivity index (χ0n) is 15.7. The molecule has 1 aliphatic heterocycles. The molecular weight excluding hydrogens is 344 g/mol. The highest BCUT2D eigenvalue weighted by atomic mass is 16.4. The van der Waals surface area contributed by atoms with E-state index in [1.54, 1.807) is 12.1 Å². The first kappa shape index (κ1) is 19.4. The van der Waals surface area contributed by atoms with Crippen molar-refractivity contribution >= 4 is 17.8 Å². The summed E-state index contributed by atoms with van der Waals surface area (Å²) >= 11 is 0.